The number of aliphatic imine (C=N–C) groups is 1. The van der Waals surface area contributed by atoms with E-state index in [1.807, 2.05) is 6.07 Å². The molecular weight excluding hydrogens is 377 g/mol. The smallest absolute Gasteiger partial charge is 0.165 e. The first kappa shape index (κ1) is 18.6. The summed E-state index contributed by atoms with van der Waals surface area (Å²) in [6, 6.07) is 12.7. The van der Waals surface area contributed by atoms with Crippen molar-refractivity contribution in [2.45, 2.75) is 36.5 Å². The topological polar surface area (TPSA) is 96.3 Å². The van der Waals surface area contributed by atoms with Gasteiger partial charge in [0.15, 0.2) is 9.84 Å². The van der Waals surface area contributed by atoms with Gasteiger partial charge in [0, 0.05) is 5.56 Å². The zero-order valence-corrected chi connectivity index (χ0v) is 16.0. The lowest BCUT2D eigenvalue weighted by molar-refractivity contribution is 0.537. The van der Waals surface area contributed by atoms with Crippen molar-refractivity contribution in [2.24, 2.45) is 10.7 Å². The van der Waals surface area contributed by atoms with Crippen molar-refractivity contribution in [1.29, 1.82) is 5.26 Å². The van der Waals surface area contributed by atoms with Gasteiger partial charge >= 0.3 is 0 Å². The van der Waals surface area contributed by atoms with Crippen LogP contribution in [0.2, 0.25) is 0 Å². The second-order valence-electron chi connectivity index (χ2n) is 7.44. The van der Waals surface area contributed by atoms with E-state index in [0.717, 1.165) is 18.4 Å². The zero-order chi connectivity index (χ0) is 19.9. The summed E-state index contributed by atoms with van der Waals surface area (Å²) in [7, 11) is -3.54. The molecule has 1 fully saturated rings. The number of benzene rings is 2. The van der Waals surface area contributed by atoms with Gasteiger partial charge in [0.2, 0.25) is 0 Å². The van der Waals surface area contributed by atoms with Gasteiger partial charge < -0.3 is 5.73 Å². The number of hydrogen-bond donors (Lipinski definition) is 1. The third kappa shape index (κ3) is 2.89. The Morgan fingerprint density at radius 1 is 1.14 bits per heavy atom. The number of sulfone groups is 1. The number of hydrogen-bond acceptors (Lipinski definition) is 5. The summed E-state index contributed by atoms with van der Waals surface area (Å²) in [5, 5.41) is 9.09. The molecule has 2 aromatic rings. The fourth-order valence-corrected chi connectivity index (χ4v) is 6.54. The molecule has 1 spiro atoms. The van der Waals surface area contributed by atoms with Gasteiger partial charge in [0.1, 0.15) is 16.4 Å². The van der Waals surface area contributed by atoms with Crippen molar-refractivity contribution in [3.63, 3.8) is 0 Å². The van der Waals surface area contributed by atoms with E-state index in [2.05, 4.69) is 11.1 Å². The Labute approximate surface area is 163 Å². The highest BCUT2D eigenvalue weighted by Gasteiger charge is 2.52. The normalized spacial score (nSPS) is 22.6. The lowest BCUT2D eigenvalue weighted by Crippen LogP contribution is -2.53. The first-order valence-electron chi connectivity index (χ1n) is 9.22. The van der Waals surface area contributed by atoms with Crippen LogP contribution in [0.1, 0.15) is 42.9 Å². The monoisotopic (exact) mass is 397 g/mol. The van der Waals surface area contributed by atoms with Crippen LogP contribution < -0.4 is 5.73 Å². The summed E-state index contributed by atoms with van der Waals surface area (Å²) in [5.41, 5.74) is 8.28. The van der Waals surface area contributed by atoms with Crippen LogP contribution in [0.15, 0.2) is 47.5 Å². The van der Waals surface area contributed by atoms with Gasteiger partial charge in [-0.05, 0) is 48.2 Å². The van der Waals surface area contributed by atoms with Crippen molar-refractivity contribution < 1.29 is 12.8 Å². The third-order valence-electron chi connectivity index (χ3n) is 5.83. The van der Waals surface area contributed by atoms with Crippen LogP contribution in [-0.2, 0) is 9.84 Å². The molecule has 1 heterocycles. The molecule has 5 nitrogen and oxygen atoms in total. The molecule has 2 N–H and O–H groups in total. The predicted molar refractivity (Wildman–Crippen MR) is 106 cm³/mol. The Hall–Kier alpha value is -2.72. The summed E-state index contributed by atoms with van der Waals surface area (Å²) < 4.78 is 39.6. The molecule has 144 valence electrons. The van der Waals surface area contributed by atoms with Crippen LogP contribution in [0.5, 0.6) is 0 Å². The lowest BCUT2D eigenvalue weighted by atomic mass is 9.98. The standard InChI is InChI=1S/C21H20FN3O2S/c22-18-7-6-16(15-5-3-4-14(10-15)12-23)11-17(18)19-13-28(26,27)21(20(24)25-19)8-1-2-9-21/h3-7,10-11,19H,1-2,8-9,13H2,(H2,24,25). The molecule has 1 unspecified atom stereocenters. The molecule has 0 saturated heterocycles. The van der Waals surface area contributed by atoms with E-state index in [1.54, 1.807) is 30.3 Å². The maximum absolute atomic E-state index is 14.6. The largest absolute Gasteiger partial charge is 0.386 e. The number of nitriles is 1. The minimum atomic E-state index is -3.54. The third-order valence-corrected chi connectivity index (χ3v) is 8.39. The van der Waals surface area contributed by atoms with E-state index in [4.69, 9.17) is 11.0 Å². The fraction of sp³-hybridized carbons (Fsp3) is 0.333. The van der Waals surface area contributed by atoms with Crippen LogP contribution in [0.25, 0.3) is 11.1 Å². The molecule has 1 atom stereocenters. The first-order chi connectivity index (χ1) is 13.4. The van der Waals surface area contributed by atoms with Crippen molar-refractivity contribution >= 4 is 15.7 Å². The highest BCUT2D eigenvalue weighted by molar-refractivity contribution is 7.93. The van der Waals surface area contributed by atoms with Gasteiger partial charge in [-0.1, -0.05) is 31.0 Å². The number of nitrogens with zero attached hydrogens (tertiary/aromatic N) is 2. The van der Waals surface area contributed by atoms with Crippen molar-refractivity contribution in [3.05, 3.63) is 59.4 Å². The van der Waals surface area contributed by atoms with E-state index in [-0.39, 0.29) is 17.2 Å². The van der Waals surface area contributed by atoms with E-state index in [1.165, 1.54) is 6.07 Å². The maximum Gasteiger partial charge on any atom is 0.165 e. The molecule has 0 amide bonds. The van der Waals surface area contributed by atoms with Crippen LogP contribution in [-0.4, -0.2) is 24.8 Å². The highest BCUT2D eigenvalue weighted by atomic mass is 32.2. The minimum Gasteiger partial charge on any atom is -0.386 e. The van der Waals surface area contributed by atoms with Crippen molar-refractivity contribution in [3.8, 4) is 17.2 Å². The number of rotatable bonds is 2. The average Bonchev–Trinajstić information content (AvgIpc) is 3.18. The molecule has 1 aliphatic carbocycles. The van der Waals surface area contributed by atoms with E-state index in [0.29, 0.717) is 24.0 Å². The molecule has 2 aromatic carbocycles. The maximum atomic E-state index is 14.6. The molecule has 2 aliphatic rings. The molecule has 4 rings (SSSR count). The van der Waals surface area contributed by atoms with Crippen LogP contribution in [0.3, 0.4) is 0 Å². The van der Waals surface area contributed by atoms with Gasteiger partial charge in [-0.25, -0.2) is 12.8 Å². The predicted octanol–water partition coefficient (Wildman–Crippen LogP) is 3.50. The van der Waals surface area contributed by atoms with E-state index in [9.17, 15) is 12.8 Å². The highest BCUT2D eigenvalue weighted by Crippen LogP contribution is 2.43. The zero-order valence-electron chi connectivity index (χ0n) is 15.2. The molecule has 7 heteroatoms. The summed E-state index contributed by atoms with van der Waals surface area (Å²) >= 11 is 0. The van der Waals surface area contributed by atoms with Gasteiger partial charge in [-0.3, -0.25) is 4.99 Å². The Morgan fingerprint density at radius 3 is 2.54 bits per heavy atom. The minimum absolute atomic E-state index is 0.109. The Kier molecular flexibility index (Phi) is 4.47. The van der Waals surface area contributed by atoms with Gasteiger partial charge in [0.05, 0.1) is 23.4 Å². The van der Waals surface area contributed by atoms with Crippen molar-refractivity contribution in [1.82, 2.24) is 0 Å². The molecule has 28 heavy (non-hydrogen) atoms. The number of amidine groups is 1. The Balaban J connectivity index is 1.78. The second kappa shape index (κ2) is 6.71. The van der Waals surface area contributed by atoms with Gasteiger partial charge in [-0.2, -0.15) is 5.26 Å². The Morgan fingerprint density at radius 2 is 1.86 bits per heavy atom. The first-order valence-corrected chi connectivity index (χ1v) is 10.9. The summed E-state index contributed by atoms with van der Waals surface area (Å²) in [6.07, 6.45) is 2.58. The SMILES string of the molecule is N#Cc1cccc(-c2ccc(F)c(C3CS(=O)(=O)C4(CCCC4)C(N)=N3)c2)c1. The summed E-state index contributed by atoms with van der Waals surface area (Å²) in [4.78, 5) is 4.44. The van der Waals surface area contributed by atoms with E-state index >= 15 is 0 Å². The second-order valence-corrected chi connectivity index (χ2v) is 9.79. The molecular formula is C21H20FN3O2S. The van der Waals surface area contributed by atoms with Crippen molar-refractivity contribution in [2.75, 3.05) is 5.75 Å². The fourth-order valence-electron chi connectivity index (χ4n) is 4.27. The summed E-state index contributed by atoms with van der Waals surface area (Å²) in [6.45, 7) is 0. The number of halogens is 1. The molecule has 1 saturated carbocycles. The lowest BCUT2D eigenvalue weighted by Gasteiger charge is -2.34. The number of nitrogens with two attached hydrogens (primary N) is 1. The Bertz CT molecular complexity index is 1110. The van der Waals surface area contributed by atoms with Crippen LogP contribution >= 0.6 is 0 Å². The molecule has 0 bridgehead atoms. The van der Waals surface area contributed by atoms with Crippen LogP contribution in [0, 0.1) is 17.1 Å². The summed E-state index contributed by atoms with van der Waals surface area (Å²) in [5.74, 6) is -0.649. The van der Waals surface area contributed by atoms with E-state index < -0.39 is 26.4 Å². The quantitative estimate of drug-likeness (QED) is 0.839. The van der Waals surface area contributed by atoms with Crippen LogP contribution in [0.4, 0.5) is 4.39 Å². The molecule has 0 aromatic heterocycles. The molecule has 0 radical (unpaired) electrons. The van der Waals surface area contributed by atoms with Gasteiger partial charge in [0.25, 0.3) is 0 Å². The molecule has 1 aliphatic heterocycles. The average molecular weight is 397 g/mol. The van der Waals surface area contributed by atoms with Gasteiger partial charge in [-0.15, -0.1) is 0 Å².